The van der Waals surface area contributed by atoms with Crippen LogP contribution in [0.2, 0.25) is 0 Å². The average molecular weight is 259 g/mol. The maximum absolute atomic E-state index is 12.0. The lowest BCUT2D eigenvalue weighted by molar-refractivity contribution is -0.141. The van der Waals surface area contributed by atoms with E-state index in [0.29, 0.717) is 6.61 Å². The molecule has 0 aliphatic carbocycles. The standard InChI is InChI=1S/C16H21NO2/c18-16-14(11-17-9-5-2-6-10-17)15(12-19-16)13-7-3-1-4-8-13/h1,3-4,7-8,14-15H,2,5-6,9-12H2. The van der Waals surface area contributed by atoms with E-state index in [9.17, 15) is 4.79 Å². The highest BCUT2D eigenvalue weighted by Crippen LogP contribution is 2.32. The molecule has 0 saturated carbocycles. The molecule has 2 saturated heterocycles. The van der Waals surface area contributed by atoms with E-state index < -0.39 is 0 Å². The van der Waals surface area contributed by atoms with Gasteiger partial charge in [0.2, 0.25) is 0 Å². The van der Waals surface area contributed by atoms with Gasteiger partial charge in [-0.3, -0.25) is 4.79 Å². The molecule has 102 valence electrons. The van der Waals surface area contributed by atoms with Crippen molar-refractivity contribution < 1.29 is 9.53 Å². The number of ether oxygens (including phenoxy) is 1. The molecule has 0 spiro atoms. The van der Waals surface area contributed by atoms with E-state index in [0.717, 1.165) is 19.6 Å². The minimum atomic E-state index is -0.0144. The summed E-state index contributed by atoms with van der Waals surface area (Å²) in [6.07, 6.45) is 3.85. The summed E-state index contributed by atoms with van der Waals surface area (Å²) in [5, 5.41) is 0. The Bertz CT molecular complexity index is 426. The van der Waals surface area contributed by atoms with Crippen LogP contribution in [-0.2, 0) is 9.53 Å². The highest BCUT2D eigenvalue weighted by Gasteiger charge is 2.38. The third kappa shape index (κ3) is 2.81. The van der Waals surface area contributed by atoms with Gasteiger partial charge in [0.15, 0.2) is 0 Å². The van der Waals surface area contributed by atoms with Crippen LogP contribution in [0.3, 0.4) is 0 Å². The van der Waals surface area contributed by atoms with E-state index in [1.807, 2.05) is 18.2 Å². The van der Waals surface area contributed by atoms with Gasteiger partial charge in [-0.25, -0.2) is 0 Å². The summed E-state index contributed by atoms with van der Waals surface area (Å²) >= 11 is 0. The second-order valence-corrected chi connectivity index (χ2v) is 5.61. The molecule has 3 heteroatoms. The first-order chi connectivity index (χ1) is 9.34. The first kappa shape index (κ1) is 12.7. The fourth-order valence-electron chi connectivity index (χ4n) is 3.21. The molecule has 0 amide bonds. The van der Waals surface area contributed by atoms with Gasteiger partial charge in [-0.15, -0.1) is 0 Å². The van der Waals surface area contributed by atoms with Gasteiger partial charge in [0.05, 0.1) is 12.5 Å². The SMILES string of the molecule is O=C1OCC(c2ccccc2)C1CN1CCCCC1. The summed E-state index contributed by atoms with van der Waals surface area (Å²) in [5.41, 5.74) is 1.23. The Balaban J connectivity index is 1.71. The van der Waals surface area contributed by atoms with Crippen LogP contribution in [0.4, 0.5) is 0 Å². The van der Waals surface area contributed by atoms with Gasteiger partial charge in [-0.2, -0.15) is 0 Å². The molecular formula is C16H21NO2. The summed E-state index contributed by atoms with van der Waals surface area (Å²) in [6.45, 7) is 3.66. The van der Waals surface area contributed by atoms with E-state index in [1.165, 1.54) is 24.8 Å². The third-order valence-corrected chi connectivity index (χ3v) is 4.32. The molecule has 0 bridgehead atoms. The van der Waals surface area contributed by atoms with Crippen LogP contribution >= 0.6 is 0 Å². The van der Waals surface area contributed by atoms with Crippen LogP contribution in [0.25, 0.3) is 0 Å². The molecule has 0 radical (unpaired) electrons. The molecule has 2 aliphatic rings. The molecule has 3 rings (SSSR count). The first-order valence-electron chi connectivity index (χ1n) is 7.28. The van der Waals surface area contributed by atoms with Crippen LogP contribution in [-0.4, -0.2) is 37.1 Å². The summed E-state index contributed by atoms with van der Waals surface area (Å²) in [7, 11) is 0. The lowest BCUT2D eigenvalue weighted by Gasteiger charge is -2.29. The van der Waals surface area contributed by atoms with Crippen LogP contribution in [0.1, 0.15) is 30.7 Å². The van der Waals surface area contributed by atoms with Crippen LogP contribution in [0, 0.1) is 5.92 Å². The maximum Gasteiger partial charge on any atom is 0.311 e. The van der Waals surface area contributed by atoms with E-state index >= 15 is 0 Å². The summed E-state index contributed by atoms with van der Waals surface area (Å²) in [6, 6.07) is 10.3. The minimum absolute atomic E-state index is 0.0144. The quantitative estimate of drug-likeness (QED) is 0.781. The predicted molar refractivity (Wildman–Crippen MR) is 73.9 cm³/mol. The molecule has 2 unspecified atom stereocenters. The molecule has 3 nitrogen and oxygen atoms in total. The molecule has 2 aliphatic heterocycles. The van der Waals surface area contributed by atoms with Crippen molar-refractivity contribution in [3.05, 3.63) is 35.9 Å². The van der Waals surface area contributed by atoms with Gasteiger partial charge in [-0.05, 0) is 31.5 Å². The number of piperidine rings is 1. The van der Waals surface area contributed by atoms with Crippen molar-refractivity contribution >= 4 is 5.97 Å². The number of carbonyl (C=O) groups is 1. The monoisotopic (exact) mass is 259 g/mol. The molecule has 1 aromatic carbocycles. The summed E-state index contributed by atoms with van der Waals surface area (Å²) in [5.74, 6) is 0.232. The Hall–Kier alpha value is -1.35. The first-order valence-corrected chi connectivity index (χ1v) is 7.28. The molecule has 0 N–H and O–H groups in total. The molecule has 1 aromatic rings. The number of likely N-dealkylation sites (tertiary alicyclic amines) is 1. The normalized spacial score (nSPS) is 28.3. The van der Waals surface area contributed by atoms with Crippen LogP contribution in [0.5, 0.6) is 0 Å². The number of cyclic esters (lactones) is 1. The van der Waals surface area contributed by atoms with E-state index in [-0.39, 0.29) is 17.8 Å². The zero-order chi connectivity index (χ0) is 13.1. The average Bonchev–Trinajstić information content (AvgIpc) is 2.82. The van der Waals surface area contributed by atoms with E-state index in [2.05, 4.69) is 17.0 Å². The molecule has 2 heterocycles. The molecule has 0 aromatic heterocycles. The number of carbonyl (C=O) groups excluding carboxylic acids is 1. The zero-order valence-corrected chi connectivity index (χ0v) is 11.3. The van der Waals surface area contributed by atoms with Gasteiger partial charge in [0.1, 0.15) is 0 Å². The van der Waals surface area contributed by atoms with Crippen molar-refractivity contribution in [1.29, 1.82) is 0 Å². The molecular weight excluding hydrogens is 238 g/mol. The van der Waals surface area contributed by atoms with E-state index in [4.69, 9.17) is 4.74 Å². The van der Waals surface area contributed by atoms with E-state index in [1.54, 1.807) is 0 Å². The summed E-state index contributed by atoms with van der Waals surface area (Å²) < 4.78 is 5.31. The second kappa shape index (κ2) is 5.74. The van der Waals surface area contributed by atoms with Crippen molar-refractivity contribution in [1.82, 2.24) is 4.90 Å². The van der Waals surface area contributed by atoms with Crippen molar-refractivity contribution in [2.24, 2.45) is 5.92 Å². The minimum Gasteiger partial charge on any atom is -0.465 e. The molecule has 19 heavy (non-hydrogen) atoms. The Morgan fingerprint density at radius 1 is 1.11 bits per heavy atom. The number of hydrogen-bond acceptors (Lipinski definition) is 3. The number of rotatable bonds is 3. The Labute approximate surface area is 114 Å². The number of nitrogens with zero attached hydrogens (tertiary/aromatic N) is 1. The smallest absolute Gasteiger partial charge is 0.311 e. The zero-order valence-electron chi connectivity index (χ0n) is 11.3. The predicted octanol–water partition coefficient (Wildman–Crippen LogP) is 2.43. The van der Waals surface area contributed by atoms with Crippen molar-refractivity contribution in [3.63, 3.8) is 0 Å². The number of esters is 1. The number of hydrogen-bond donors (Lipinski definition) is 0. The Kier molecular flexibility index (Phi) is 3.83. The van der Waals surface area contributed by atoms with Gasteiger partial charge < -0.3 is 9.64 Å². The lowest BCUT2D eigenvalue weighted by atomic mass is 9.88. The fourth-order valence-corrected chi connectivity index (χ4v) is 3.21. The third-order valence-electron chi connectivity index (χ3n) is 4.32. The van der Waals surface area contributed by atoms with Gasteiger partial charge >= 0.3 is 5.97 Å². The molecule has 2 fully saturated rings. The van der Waals surface area contributed by atoms with Gasteiger partial charge in [-0.1, -0.05) is 36.8 Å². The summed E-state index contributed by atoms with van der Waals surface area (Å²) in [4.78, 5) is 14.4. The second-order valence-electron chi connectivity index (χ2n) is 5.61. The van der Waals surface area contributed by atoms with Crippen molar-refractivity contribution in [3.8, 4) is 0 Å². The highest BCUT2D eigenvalue weighted by atomic mass is 16.5. The topological polar surface area (TPSA) is 29.5 Å². The number of benzene rings is 1. The largest absolute Gasteiger partial charge is 0.465 e. The van der Waals surface area contributed by atoms with Crippen molar-refractivity contribution in [2.45, 2.75) is 25.2 Å². The highest BCUT2D eigenvalue weighted by molar-refractivity contribution is 5.76. The lowest BCUT2D eigenvalue weighted by Crippen LogP contribution is -2.37. The Morgan fingerprint density at radius 2 is 1.84 bits per heavy atom. The Morgan fingerprint density at radius 3 is 2.58 bits per heavy atom. The van der Waals surface area contributed by atoms with Gasteiger partial charge in [0, 0.05) is 12.5 Å². The fraction of sp³-hybridized carbons (Fsp3) is 0.562. The van der Waals surface area contributed by atoms with Crippen molar-refractivity contribution in [2.75, 3.05) is 26.2 Å². The van der Waals surface area contributed by atoms with Crippen LogP contribution in [0.15, 0.2) is 30.3 Å². The maximum atomic E-state index is 12.0. The van der Waals surface area contributed by atoms with Gasteiger partial charge in [0.25, 0.3) is 0 Å². The van der Waals surface area contributed by atoms with Crippen LogP contribution < -0.4 is 0 Å². The molecule has 2 atom stereocenters.